The highest BCUT2D eigenvalue weighted by Crippen LogP contribution is 2.17. The molecule has 0 bridgehead atoms. The highest BCUT2D eigenvalue weighted by Gasteiger charge is 2.13. The molecule has 0 fully saturated rings. The Balaban J connectivity index is 1.65. The average molecular weight is 457 g/mol. The van der Waals surface area contributed by atoms with Crippen molar-refractivity contribution in [2.24, 2.45) is 0 Å². The maximum atomic E-state index is 12.1. The van der Waals surface area contributed by atoms with E-state index in [0.717, 1.165) is 15.1 Å². The van der Waals surface area contributed by atoms with E-state index in [-0.39, 0.29) is 23.8 Å². The summed E-state index contributed by atoms with van der Waals surface area (Å²) >= 11 is 4.93. The van der Waals surface area contributed by atoms with E-state index in [4.69, 9.17) is 0 Å². The van der Waals surface area contributed by atoms with Crippen molar-refractivity contribution in [3.63, 3.8) is 0 Å². The van der Waals surface area contributed by atoms with Crippen LogP contribution >= 0.6 is 27.7 Å². The minimum atomic E-state index is -3.59. The first-order valence-electron chi connectivity index (χ1n) is 8.08. The van der Waals surface area contributed by atoms with E-state index in [2.05, 4.69) is 50.2 Å². The van der Waals surface area contributed by atoms with Crippen LogP contribution < -0.4 is 10.0 Å². The van der Waals surface area contributed by atoms with E-state index in [1.165, 1.54) is 17.7 Å². The van der Waals surface area contributed by atoms with Gasteiger partial charge in [-0.1, -0.05) is 33.6 Å². The van der Waals surface area contributed by atoms with Crippen LogP contribution in [0.4, 0.5) is 0 Å². The van der Waals surface area contributed by atoms with Crippen LogP contribution in [-0.2, 0) is 14.8 Å². The lowest BCUT2D eigenvalue weighted by Gasteiger charge is -2.08. The van der Waals surface area contributed by atoms with Crippen molar-refractivity contribution in [2.45, 2.75) is 23.1 Å². The zero-order chi connectivity index (χ0) is 19.0. The Labute approximate surface area is 167 Å². The lowest BCUT2D eigenvalue weighted by Crippen LogP contribution is -2.31. The fourth-order valence-electron chi connectivity index (χ4n) is 2.08. The number of thioether (sulfide) groups is 1. The highest BCUT2D eigenvalue weighted by atomic mass is 79.9. The number of carbonyl (C=O) groups is 1. The van der Waals surface area contributed by atoms with Gasteiger partial charge >= 0.3 is 0 Å². The molecule has 26 heavy (non-hydrogen) atoms. The smallest absolute Gasteiger partial charge is 0.240 e. The van der Waals surface area contributed by atoms with Gasteiger partial charge in [0.2, 0.25) is 15.9 Å². The van der Waals surface area contributed by atoms with Crippen LogP contribution in [0.25, 0.3) is 0 Å². The van der Waals surface area contributed by atoms with Crippen molar-refractivity contribution in [2.75, 3.05) is 18.8 Å². The molecular weight excluding hydrogens is 436 g/mol. The maximum Gasteiger partial charge on any atom is 0.240 e. The molecule has 140 valence electrons. The summed E-state index contributed by atoms with van der Waals surface area (Å²) in [5.74, 6) is 0.590. The van der Waals surface area contributed by atoms with E-state index >= 15 is 0 Å². The van der Waals surface area contributed by atoms with Gasteiger partial charge in [-0.05, 0) is 43.3 Å². The molecular formula is C18H21BrN2O3S2. The Morgan fingerprint density at radius 1 is 1.04 bits per heavy atom. The summed E-state index contributed by atoms with van der Waals surface area (Å²) in [6.07, 6.45) is 0.102. The first-order chi connectivity index (χ1) is 12.4. The molecule has 0 saturated carbocycles. The van der Waals surface area contributed by atoms with Gasteiger partial charge in [0.15, 0.2) is 0 Å². The largest absolute Gasteiger partial charge is 0.355 e. The topological polar surface area (TPSA) is 75.3 Å². The summed E-state index contributed by atoms with van der Waals surface area (Å²) in [7, 11) is -3.59. The summed E-state index contributed by atoms with van der Waals surface area (Å²) in [5, 5.41) is 2.80. The molecule has 0 saturated heterocycles. The predicted octanol–water partition coefficient (Wildman–Crippen LogP) is 3.33. The molecule has 2 aromatic carbocycles. The Kier molecular flexibility index (Phi) is 8.15. The van der Waals surface area contributed by atoms with Crippen LogP contribution in [0, 0.1) is 6.92 Å². The Morgan fingerprint density at radius 2 is 1.69 bits per heavy atom. The lowest BCUT2D eigenvalue weighted by atomic mass is 10.2. The third kappa shape index (κ3) is 7.11. The van der Waals surface area contributed by atoms with Gasteiger partial charge in [0, 0.05) is 34.6 Å². The van der Waals surface area contributed by atoms with Gasteiger partial charge in [0.05, 0.1) is 4.90 Å². The second kappa shape index (κ2) is 10.1. The number of nitrogens with one attached hydrogen (secondary N) is 2. The molecule has 0 unspecified atom stereocenters. The van der Waals surface area contributed by atoms with Crippen molar-refractivity contribution < 1.29 is 13.2 Å². The average Bonchev–Trinajstić information content (AvgIpc) is 2.60. The van der Waals surface area contributed by atoms with Crippen LogP contribution in [0.5, 0.6) is 0 Å². The van der Waals surface area contributed by atoms with Gasteiger partial charge in [0.25, 0.3) is 0 Å². The Bertz CT molecular complexity index is 823. The van der Waals surface area contributed by atoms with E-state index < -0.39 is 10.0 Å². The summed E-state index contributed by atoms with van der Waals surface area (Å²) in [6.45, 7) is 2.64. The SMILES string of the molecule is Cc1ccc(SCCNC(=O)CCNS(=O)(=O)c2ccc(Br)cc2)cc1. The van der Waals surface area contributed by atoms with Crippen LogP contribution in [0.2, 0.25) is 0 Å². The molecule has 8 heteroatoms. The zero-order valence-corrected chi connectivity index (χ0v) is 17.6. The fourth-order valence-corrected chi connectivity index (χ4v) is 4.14. The summed E-state index contributed by atoms with van der Waals surface area (Å²) in [6, 6.07) is 14.6. The van der Waals surface area contributed by atoms with Crippen molar-refractivity contribution in [1.29, 1.82) is 0 Å². The second-order valence-corrected chi connectivity index (χ2v) is 9.46. The quantitative estimate of drug-likeness (QED) is 0.448. The highest BCUT2D eigenvalue weighted by molar-refractivity contribution is 9.10. The minimum absolute atomic E-state index is 0.0648. The molecule has 0 heterocycles. The van der Waals surface area contributed by atoms with Crippen LogP contribution in [0.1, 0.15) is 12.0 Å². The standard InChI is InChI=1S/C18H21BrN2O3S2/c1-14-2-6-16(7-3-14)25-13-12-20-18(22)10-11-21-26(23,24)17-8-4-15(19)5-9-17/h2-9,21H,10-13H2,1H3,(H,20,22). The number of sulfonamides is 1. The molecule has 0 aromatic heterocycles. The van der Waals surface area contributed by atoms with Gasteiger partial charge in [-0.3, -0.25) is 4.79 Å². The first kappa shape index (κ1) is 21.0. The number of aryl methyl sites for hydroxylation is 1. The molecule has 2 N–H and O–H groups in total. The molecule has 2 rings (SSSR count). The minimum Gasteiger partial charge on any atom is -0.355 e. The molecule has 1 amide bonds. The second-order valence-electron chi connectivity index (χ2n) is 5.61. The van der Waals surface area contributed by atoms with Gasteiger partial charge in [0.1, 0.15) is 0 Å². The third-order valence-corrected chi connectivity index (χ3v) is 6.50. The number of halogens is 1. The fraction of sp³-hybridized carbons (Fsp3) is 0.278. The monoisotopic (exact) mass is 456 g/mol. The predicted molar refractivity (Wildman–Crippen MR) is 109 cm³/mol. The zero-order valence-electron chi connectivity index (χ0n) is 14.4. The van der Waals surface area contributed by atoms with Crippen molar-refractivity contribution in [1.82, 2.24) is 10.0 Å². The normalized spacial score (nSPS) is 11.3. The van der Waals surface area contributed by atoms with Gasteiger partial charge in [-0.2, -0.15) is 0 Å². The van der Waals surface area contributed by atoms with Crippen molar-refractivity contribution in [3.8, 4) is 0 Å². The van der Waals surface area contributed by atoms with Crippen LogP contribution in [0.15, 0.2) is 62.8 Å². The van der Waals surface area contributed by atoms with Gasteiger partial charge < -0.3 is 5.32 Å². The van der Waals surface area contributed by atoms with E-state index in [1.807, 2.05) is 6.92 Å². The molecule has 2 aromatic rings. The Morgan fingerprint density at radius 3 is 2.35 bits per heavy atom. The molecule has 0 aliphatic rings. The van der Waals surface area contributed by atoms with Gasteiger partial charge in [-0.25, -0.2) is 13.1 Å². The van der Waals surface area contributed by atoms with Crippen LogP contribution in [0.3, 0.4) is 0 Å². The summed E-state index contributed by atoms with van der Waals surface area (Å²) < 4.78 is 27.5. The Hall–Kier alpha value is -1.35. The molecule has 0 radical (unpaired) electrons. The van der Waals surface area contributed by atoms with Crippen molar-refractivity contribution >= 4 is 43.6 Å². The molecule has 0 aliphatic carbocycles. The summed E-state index contributed by atoms with van der Waals surface area (Å²) in [5.41, 5.74) is 1.22. The van der Waals surface area contributed by atoms with Gasteiger partial charge in [-0.15, -0.1) is 11.8 Å². The van der Waals surface area contributed by atoms with E-state index in [9.17, 15) is 13.2 Å². The first-order valence-corrected chi connectivity index (χ1v) is 11.3. The lowest BCUT2D eigenvalue weighted by molar-refractivity contribution is -0.120. The van der Waals surface area contributed by atoms with E-state index in [1.54, 1.807) is 23.9 Å². The van der Waals surface area contributed by atoms with Crippen molar-refractivity contribution in [3.05, 3.63) is 58.6 Å². The summed E-state index contributed by atoms with van der Waals surface area (Å²) in [4.78, 5) is 13.1. The molecule has 0 aliphatic heterocycles. The number of rotatable bonds is 9. The molecule has 0 atom stereocenters. The number of carbonyl (C=O) groups excluding carboxylic acids is 1. The maximum absolute atomic E-state index is 12.1. The molecule has 0 spiro atoms. The number of amides is 1. The number of benzene rings is 2. The van der Waals surface area contributed by atoms with E-state index in [0.29, 0.717) is 6.54 Å². The number of hydrogen-bond acceptors (Lipinski definition) is 4. The number of hydrogen-bond donors (Lipinski definition) is 2. The van der Waals surface area contributed by atoms with Crippen LogP contribution in [-0.4, -0.2) is 33.2 Å². The molecule has 5 nitrogen and oxygen atoms in total. The third-order valence-electron chi connectivity index (χ3n) is 3.48.